The molecule has 2 aromatic heterocycles. The normalized spacial score (nSPS) is 10.7. The van der Waals surface area contributed by atoms with Crippen molar-refractivity contribution in [3.8, 4) is 0 Å². The smallest absolute Gasteiger partial charge is 0.137 e. The van der Waals surface area contributed by atoms with Gasteiger partial charge in [0.15, 0.2) is 0 Å². The summed E-state index contributed by atoms with van der Waals surface area (Å²) in [6, 6.07) is 6.04. The van der Waals surface area contributed by atoms with Crippen molar-refractivity contribution in [2.75, 3.05) is 11.9 Å². The first-order chi connectivity index (χ1) is 10.0. The predicted octanol–water partition coefficient (Wildman–Crippen LogP) is 3.73. The number of pyridine rings is 1. The third kappa shape index (κ3) is 3.91. The molecule has 0 spiro atoms. The lowest BCUT2D eigenvalue weighted by molar-refractivity contribution is 0.798. The van der Waals surface area contributed by atoms with Crippen LogP contribution in [-0.2, 0) is 13.0 Å². The van der Waals surface area contributed by atoms with Gasteiger partial charge < -0.3 is 4.90 Å². The Labute approximate surface area is 131 Å². The molecule has 0 bridgehead atoms. The number of anilines is 1. The van der Waals surface area contributed by atoms with E-state index in [-0.39, 0.29) is 0 Å². The van der Waals surface area contributed by atoms with Gasteiger partial charge in [-0.3, -0.25) is 4.98 Å². The Morgan fingerprint density at radius 2 is 1.90 bits per heavy atom. The van der Waals surface area contributed by atoms with Gasteiger partial charge in [0.1, 0.15) is 16.8 Å². The van der Waals surface area contributed by atoms with E-state index >= 15 is 0 Å². The minimum Gasteiger partial charge on any atom is -0.353 e. The van der Waals surface area contributed by atoms with Crippen molar-refractivity contribution in [2.24, 2.45) is 0 Å². The summed E-state index contributed by atoms with van der Waals surface area (Å²) >= 11 is 6.23. The molecule has 0 N–H and O–H groups in total. The zero-order valence-corrected chi connectivity index (χ0v) is 13.8. The van der Waals surface area contributed by atoms with Gasteiger partial charge in [0.25, 0.3) is 0 Å². The van der Waals surface area contributed by atoms with Gasteiger partial charge in [-0.15, -0.1) is 0 Å². The van der Waals surface area contributed by atoms with E-state index in [2.05, 4.69) is 26.8 Å². The van der Waals surface area contributed by atoms with E-state index in [1.165, 1.54) is 0 Å². The van der Waals surface area contributed by atoms with Crippen LogP contribution in [0.25, 0.3) is 0 Å². The molecule has 0 saturated carbocycles. The van der Waals surface area contributed by atoms with E-state index in [1.807, 2.05) is 39.1 Å². The van der Waals surface area contributed by atoms with Crippen LogP contribution in [0.15, 0.2) is 18.2 Å². The molecule has 21 heavy (non-hydrogen) atoms. The molecular weight excluding hydrogens is 284 g/mol. The molecule has 0 amide bonds. The molecule has 0 aromatic carbocycles. The Bertz CT molecular complexity index is 628. The van der Waals surface area contributed by atoms with Gasteiger partial charge in [-0.2, -0.15) is 0 Å². The average Bonchev–Trinajstić information content (AvgIpc) is 2.43. The molecule has 0 unspecified atom stereocenters. The van der Waals surface area contributed by atoms with E-state index in [1.54, 1.807) is 0 Å². The van der Waals surface area contributed by atoms with E-state index in [9.17, 15) is 0 Å². The monoisotopic (exact) mass is 304 g/mol. The van der Waals surface area contributed by atoms with Crippen LogP contribution in [0.3, 0.4) is 0 Å². The number of rotatable bonds is 5. The fraction of sp³-hybridized carbons (Fsp3) is 0.438. The maximum Gasteiger partial charge on any atom is 0.137 e. The second kappa shape index (κ2) is 6.85. The van der Waals surface area contributed by atoms with Crippen molar-refractivity contribution < 1.29 is 0 Å². The Balaban J connectivity index is 2.27. The second-order valence-electron chi connectivity index (χ2n) is 5.26. The van der Waals surface area contributed by atoms with Crippen molar-refractivity contribution in [1.82, 2.24) is 15.0 Å². The summed E-state index contributed by atoms with van der Waals surface area (Å²) in [6.45, 7) is 6.75. The summed E-state index contributed by atoms with van der Waals surface area (Å²) in [7, 11) is 2.01. The molecule has 112 valence electrons. The Kier molecular flexibility index (Phi) is 5.12. The SMILES string of the molecule is CCCc1nc(Cl)c(C)c(N(C)Cc2cccc(C)n2)n1. The summed E-state index contributed by atoms with van der Waals surface area (Å²) in [6.07, 6.45) is 1.84. The molecule has 2 rings (SSSR count). The van der Waals surface area contributed by atoms with Gasteiger partial charge in [-0.05, 0) is 32.4 Å². The van der Waals surface area contributed by atoms with Gasteiger partial charge >= 0.3 is 0 Å². The molecule has 2 heterocycles. The van der Waals surface area contributed by atoms with E-state index in [4.69, 9.17) is 11.6 Å². The van der Waals surface area contributed by atoms with Crippen LogP contribution >= 0.6 is 11.6 Å². The number of nitrogens with zero attached hydrogens (tertiary/aromatic N) is 4. The van der Waals surface area contributed by atoms with Gasteiger partial charge in [0, 0.05) is 24.7 Å². The molecule has 0 aliphatic carbocycles. The number of hydrogen-bond acceptors (Lipinski definition) is 4. The van der Waals surface area contributed by atoms with Gasteiger partial charge in [0.2, 0.25) is 0 Å². The van der Waals surface area contributed by atoms with Gasteiger partial charge in [-0.1, -0.05) is 24.6 Å². The number of halogens is 1. The topological polar surface area (TPSA) is 41.9 Å². The summed E-state index contributed by atoms with van der Waals surface area (Å²) in [5.74, 6) is 1.67. The quantitative estimate of drug-likeness (QED) is 0.789. The van der Waals surface area contributed by atoms with Crippen LogP contribution in [0.4, 0.5) is 5.82 Å². The summed E-state index contributed by atoms with van der Waals surface area (Å²) in [4.78, 5) is 15.6. The lowest BCUT2D eigenvalue weighted by Gasteiger charge is -2.21. The average molecular weight is 305 g/mol. The maximum atomic E-state index is 6.23. The first kappa shape index (κ1) is 15.7. The second-order valence-corrected chi connectivity index (χ2v) is 5.61. The molecule has 0 saturated heterocycles. The van der Waals surface area contributed by atoms with Crippen molar-refractivity contribution in [2.45, 2.75) is 40.2 Å². The van der Waals surface area contributed by atoms with Crippen LogP contribution in [-0.4, -0.2) is 22.0 Å². The maximum absolute atomic E-state index is 6.23. The highest BCUT2D eigenvalue weighted by Gasteiger charge is 2.13. The fourth-order valence-electron chi connectivity index (χ4n) is 2.23. The summed E-state index contributed by atoms with van der Waals surface area (Å²) in [5.41, 5.74) is 2.94. The number of hydrogen-bond donors (Lipinski definition) is 0. The van der Waals surface area contributed by atoms with Crippen LogP contribution in [0.5, 0.6) is 0 Å². The van der Waals surface area contributed by atoms with E-state index in [0.717, 1.165) is 41.4 Å². The summed E-state index contributed by atoms with van der Waals surface area (Å²) in [5, 5.41) is 0.535. The molecule has 0 atom stereocenters. The Morgan fingerprint density at radius 3 is 2.57 bits per heavy atom. The van der Waals surface area contributed by atoms with Crippen molar-refractivity contribution in [3.63, 3.8) is 0 Å². The van der Waals surface area contributed by atoms with Crippen LogP contribution in [0, 0.1) is 13.8 Å². The Hall–Kier alpha value is -1.68. The molecule has 2 aromatic rings. The number of aromatic nitrogens is 3. The molecule has 5 heteroatoms. The summed E-state index contributed by atoms with van der Waals surface area (Å²) < 4.78 is 0. The minimum absolute atomic E-state index is 0.535. The van der Waals surface area contributed by atoms with Crippen molar-refractivity contribution in [1.29, 1.82) is 0 Å². The third-order valence-electron chi connectivity index (χ3n) is 3.29. The van der Waals surface area contributed by atoms with E-state index < -0.39 is 0 Å². The van der Waals surface area contributed by atoms with Crippen molar-refractivity contribution in [3.05, 3.63) is 46.1 Å². The zero-order valence-electron chi connectivity index (χ0n) is 13.0. The molecule has 0 fully saturated rings. The minimum atomic E-state index is 0.535. The first-order valence-electron chi connectivity index (χ1n) is 7.18. The lowest BCUT2D eigenvalue weighted by Crippen LogP contribution is -2.21. The first-order valence-corrected chi connectivity index (χ1v) is 7.55. The molecular formula is C16H21ClN4. The van der Waals surface area contributed by atoms with E-state index in [0.29, 0.717) is 11.7 Å². The molecule has 4 nitrogen and oxygen atoms in total. The van der Waals surface area contributed by atoms with Gasteiger partial charge in [-0.25, -0.2) is 9.97 Å². The van der Waals surface area contributed by atoms with Crippen molar-refractivity contribution >= 4 is 17.4 Å². The highest BCUT2D eigenvalue weighted by Crippen LogP contribution is 2.24. The van der Waals surface area contributed by atoms with Crippen LogP contribution in [0.1, 0.15) is 36.1 Å². The predicted molar refractivity (Wildman–Crippen MR) is 86.9 cm³/mol. The highest BCUT2D eigenvalue weighted by atomic mass is 35.5. The number of aryl methyl sites for hydroxylation is 2. The fourth-order valence-corrected chi connectivity index (χ4v) is 2.42. The molecule has 0 radical (unpaired) electrons. The molecule has 0 aliphatic rings. The van der Waals surface area contributed by atoms with Gasteiger partial charge in [0.05, 0.1) is 12.2 Å². The third-order valence-corrected chi connectivity index (χ3v) is 3.66. The van der Waals surface area contributed by atoms with Crippen LogP contribution < -0.4 is 4.90 Å². The zero-order chi connectivity index (χ0) is 15.4. The largest absolute Gasteiger partial charge is 0.353 e. The standard InChI is InChI=1S/C16H21ClN4/c1-5-7-14-19-15(17)12(3)16(20-14)21(4)10-13-9-6-8-11(2)18-13/h6,8-9H,5,7,10H2,1-4H3. The lowest BCUT2D eigenvalue weighted by atomic mass is 10.2. The molecule has 0 aliphatic heterocycles. The highest BCUT2D eigenvalue weighted by molar-refractivity contribution is 6.30. The van der Waals surface area contributed by atoms with Crippen LogP contribution in [0.2, 0.25) is 5.15 Å². The Morgan fingerprint density at radius 1 is 1.14 bits per heavy atom.